The number of carbonyl (C=O) groups excluding carboxylic acids is 1. The van der Waals surface area contributed by atoms with E-state index < -0.39 is 13.1 Å². The highest BCUT2D eigenvalue weighted by Crippen LogP contribution is 2.40. The number of carbonyl (C=O) groups is 1. The van der Waals surface area contributed by atoms with Crippen LogP contribution in [-0.2, 0) is 11.0 Å². The molecule has 8 heteroatoms. The lowest BCUT2D eigenvalue weighted by Gasteiger charge is -2.13. The summed E-state index contributed by atoms with van der Waals surface area (Å²) in [5.74, 6) is 1.19. The van der Waals surface area contributed by atoms with Crippen molar-refractivity contribution in [1.29, 1.82) is 0 Å². The van der Waals surface area contributed by atoms with Crippen LogP contribution in [0.15, 0.2) is 42.5 Å². The summed E-state index contributed by atoms with van der Waals surface area (Å²) in [6, 6.07) is 11.6. The maximum absolute atomic E-state index is 11.9. The third-order valence-corrected chi connectivity index (χ3v) is 4.50. The fourth-order valence-electron chi connectivity index (χ4n) is 2.46. The average Bonchev–Trinajstić information content (AvgIpc) is 2.65. The second-order valence-electron chi connectivity index (χ2n) is 5.91. The molecule has 146 valence electrons. The smallest absolute Gasteiger partial charge is 0.396 e. The van der Waals surface area contributed by atoms with Gasteiger partial charge in [-0.15, -0.1) is 0 Å². The summed E-state index contributed by atoms with van der Waals surface area (Å²) < 4.78 is 22.3. The van der Waals surface area contributed by atoms with Gasteiger partial charge in [0.1, 0.15) is 18.1 Å². The molecule has 0 heterocycles. The van der Waals surface area contributed by atoms with Gasteiger partial charge in [-0.1, -0.05) is 19.1 Å². The van der Waals surface area contributed by atoms with Crippen molar-refractivity contribution in [2.24, 2.45) is 0 Å². The van der Waals surface area contributed by atoms with Gasteiger partial charge in [0.25, 0.3) is 5.52 Å². The molecule has 0 atom stereocenters. The minimum atomic E-state index is -4.87. The molecule has 0 bridgehead atoms. The first-order valence-electron chi connectivity index (χ1n) is 8.54. The van der Waals surface area contributed by atoms with E-state index in [-0.39, 0.29) is 18.8 Å². The van der Waals surface area contributed by atoms with E-state index >= 15 is 0 Å². The lowest BCUT2D eigenvalue weighted by Crippen LogP contribution is -2.06. The predicted octanol–water partition coefficient (Wildman–Crippen LogP) is 2.76. The molecule has 0 amide bonds. The Bertz CT molecular complexity index is 811. The highest BCUT2D eigenvalue weighted by molar-refractivity contribution is 7.70. The van der Waals surface area contributed by atoms with Gasteiger partial charge in [-0.3, -0.25) is 9.36 Å². The Hall–Kier alpha value is -2.18. The minimum absolute atomic E-state index is 0.0720. The molecule has 2 aromatic carbocycles. The Morgan fingerprint density at radius 2 is 1.74 bits per heavy atom. The van der Waals surface area contributed by atoms with Gasteiger partial charge in [-0.2, -0.15) is 0 Å². The summed E-state index contributed by atoms with van der Waals surface area (Å²) in [5.41, 5.74) is 0.178. The zero-order valence-electron chi connectivity index (χ0n) is 15.0. The van der Waals surface area contributed by atoms with Crippen molar-refractivity contribution >= 4 is 13.1 Å². The van der Waals surface area contributed by atoms with E-state index in [2.05, 4.69) is 0 Å². The van der Waals surface area contributed by atoms with E-state index in [0.717, 1.165) is 17.7 Å². The van der Waals surface area contributed by atoms with Crippen LogP contribution in [0, 0.1) is 0 Å². The first kappa shape index (κ1) is 21.1. The average molecular weight is 394 g/mol. The van der Waals surface area contributed by atoms with Gasteiger partial charge in [0.15, 0.2) is 0 Å². The largest absolute Gasteiger partial charge is 0.494 e. The normalized spacial score (nSPS) is 11.3. The Balaban J connectivity index is 2.28. The van der Waals surface area contributed by atoms with Gasteiger partial charge < -0.3 is 24.4 Å². The topological polar surface area (TPSA) is 113 Å². The molecule has 0 aliphatic rings. The molecule has 0 aliphatic heterocycles. The molecule has 0 saturated heterocycles. The third-order valence-electron chi connectivity index (χ3n) is 3.71. The lowest BCUT2D eigenvalue weighted by atomic mass is 10.0. The van der Waals surface area contributed by atoms with Crippen molar-refractivity contribution in [3.8, 4) is 11.5 Å². The first-order valence-corrected chi connectivity index (χ1v) is 10.1. The van der Waals surface area contributed by atoms with Gasteiger partial charge in [0.05, 0.1) is 13.2 Å². The summed E-state index contributed by atoms with van der Waals surface area (Å²) in [6.45, 7) is 2.55. The molecule has 0 aromatic heterocycles. The van der Waals surface area contributed by atoms with Crippen LogP contribution in [0.4, 0.5) is 0 Å². The Morgan fingerprint density at radius 1 is 1.04 bits per heavy atom. The van der Waals surface area contributed by atoms with E-state index in [1.165, 1.54) is 18.2 Å². The van der Waals surface area contributed by atoms with Crippen LogP contribution in [0.3, 0.4) is 0 Å². The Morgan fingerprint density at radius 3 is 2.33 bits per heavy atom. The second-order valence-corrected chi connectivity index (χ2v) is 7.41. The van der Waals surface area contributed by atoms with Gasteiger partial charge in [0, 0.05) is 12.0 Å². The zero-order chi connectivity index (χ0) is 19.9. The minimum Gasteiger partial charge on any atom is -0.494 e. The molecule has 27 heavy (non-hydrogen) atoms. The molecule has 0 aliphatic carbocycles. The number of rotatable bonds is 10. The van der Waals surface area contributed by atoms with Crippen LogP contribution < -0.4 is 9.47 Å². The monoisotopic (exact) mass is 394 g/mol. The molecule has 7 nitrogen and oxygen atoms in total. The summed E-state index contributed by atoms with van der Waals surface area (Å²) >= 11 is 0. The van der Waals surface area contributed by atoms with Crippen molar-refractivity contribution in [2.45, 2.75) is 19.8 Å². The number of aliphatic hydroxyl groups excluding tert-OH is 1. The fraction of sp³-hybridized carbons (Fsp3) is 0.316. The van der Waals surface area contributed by atoms with Crippen molar-refractivity contribution in [2.75, 3.05) is 19.8 Å². The Labute approximate surface area is 157 Å². The Kier molecular flexibility index (Phi) is 7.56. The predicted molar refractivity (Wildman–Crippen MR) is 100 cm³/mol. The lowest BCUT2D eigenvalue weighted by molar-refractivity contribution is 0.104. The van der Waals surface area contributed by atoms with Gasteiger partial charge in [-0.25, -0.2) is 0 Å². The second kappa shape index (κ2) is 9.67. The van der Waals surface area contributed by atoms with Crippen molar-refractivity contribution in [3.05, 3.63) is 59.2 Å². The molecule has 0 fully saturated rings. The number of ether oxygens (including phenoxy) is 2. The maximum atomic E-state index is 11.9. The summed E-state index contributed by atoms with van der Waals surface area (Å²) in [4.78, 5) is 30.1. The summed E-state index contributed by atoms with van der Waals surface area (Å²) in [5, 5.41) is 8.96. The number of hydrogen-bond donors (Lipinski definition) is 3. The van der Waals surface area contributed by atoms with Gasteiger partial charge >= 0.3 is 7.60 Å². The van der Waals surface area contributed by atoms with Crippen molar-refractivity contribution in [3.63, 3.8) is 0 Å². The standard InChI is InChI=1S/C19H23O7P/c1-2-10-25-17-6-3-14(4-7-17)12-16-13-15(19(21)27(22,23)24)5-8-18(16)26-11-9-20/h3-8,13,20H,2,9-12H2,1H3,(H2,22,23,24). The quantitative estimate of drug-likeness (QED) is 0.531. The molecule has 0 unspecified atom stereocenters. The van der Waals surface area contributed by atoms with Gasteiger partial charge in [-0.05, 0) is 47.9 Å². The van der Waals surface area contributed by atoms with Crippen molar-refractivity contribution in [1.82, 2.24) is 0 Å². The first-order chi connectivity index (χ1) is 12.8. The van der Waals surface area contributed by atoms with Crippen LogP contribution in [0.1, 0.15) is 34.8 Å². The highest BCUT2D eigenvalue weighted by atomic mass is 31.2. The molecule has 2 rings (SSSR count). The molecule has 0 saturated carbocycles. The molecule has 2 aromatic rings. The molecule has 3 N–H and O–H groups in total. The van der Waals surface area contributed by atoms with Gasteiger partial charge in [0.2, 0.25) is 0 Å². The molecular weight excluding hydrogens is 371 g/mol. The van der Waals surface area contributed by atoms with Crippen LogP contribution in [-0.4, -0.2) is 40.2 Å². The fourth-order valence-corrected chi connectivity index (χ4v) is 2.93. The van der Waals surface area contributed by atoms with E-state index in [1.807, 2.05) is 31.2 Å². The van der Waals surface area contributed by atoms with Crippen molar-refractivity contribution < 1.29 is 33.7 Å². The van der Waals surface area contributed by atoms with E-state index in [0.29, 0.717) is 24.3 Å². The third kappa shape index (κ3) is 6.19. The summed E-state index contributed by atoms with van der Waals surface area (Å²) in [7, 11) is -4.87. The highest BCUT2D eigenvalue weighted by Gasteiger charge is 2.28. The molecule has 0 radical (unpaired) electrons. The zero-order valence-corrected chi connectivity index (χ0v) is 15.9. The van der Waals surface area contributed by atoms with Crippen LogP contribution in [0.2, 0.25) is 0 Å². The maximum Gasteiger partial charge on any atom is 0.396 e. The SMILES string of the molecule is CCCOc1ccc(Cc2cc(C(=O)P(=O)(O)O)ccc2OCCO)cc1. The number of hydrogen-bond acceptors (Lipinski definition) is 5. The number of aliphatic hydroxyl groups is 1. The van der Waals surface area contributed by atoms with E-state index in [9.17, 15) is 9.36 Å². The summed E-state index contributed by atoms with van der Waals surface area (Å²) in [6.07, 6.45) is 1.30. The van der Waals surface area contributed by atoms with Crippen LogP contribution in [0.5, 0.6) is 11.5 Å². The molecule has 0 spiro atoms. The van der Waals surface area contributed by atoms with E-state index in [4.69, 9.17) is 24.4 Å². The number of benzene rings is 2. The van der Waals surface area contributed by atoms with Crippen LogP contribution in [0.25, 0.3) is 0 Å². The van der Waals surface area contributed by atoms with Crippen LogP contribution >= 0.6 is 7.60 Å². The molecular formula is C19H23O7P. The van der Waals surface area contributed by atoms with E-state index in [1.54, 1.807) is 0 Å².